The van der Waals surface area contributed by atoms with Gasteiger partial charge in [-0.25, -0.2) is 0 Å². The molecule has 0 aromatic carbocycles. The zero-order chi connectivity index (χ0) is 12.0. The molecule has 0 saturated heterocycles. The predicted octanol–water partition coefficient (Wildman–Crippen LogP) is 4.37. The Kier molecular flexibility index (Phi) is 3.85. The van der Waals surface area contributed by atoms with Crippen LogP contribution >= 0.6 is 0 Å². The normalized spacial score (nSPS) is 28.8. The van der Waals surface area contributed by atoms with E-state index in [2.05, 4.69) is 53.1 Å². The van der Waals surface area contributed by atoms with Crippen molar-refractivity contribution in [2.45, 2.75) is 61.9 Å². The van der Waals surface area contributed by atoms with E-state index >= 15 is 0 Å². The van der Waals surface area contributed by atoms with Crippen molar-refractivity contribution in [1.82, 2.24) is 0 Å². The Hall–Kier alpha value is 0.717. The fraction of sp³-hybridized carbons (Fsp3) is 0.833. The average Bonchev–Trinajstić information content (AvgIpc) is 2.26. The number of rotatable bonds is 2. The van der Waals surface area contributed by atoms with E-state index in [1.807, 2.05) is 11.1 Å². The van der Waals surface area contributed by atoms with Crippen LogP contribution in [0.4, 0.5) is 0 Å². The number of hydrogen-bond donors (Lipinski definition) is 0. The molecule has 0 spiro atoms. The van der Waals surface area contributed by atoms with Crippen LogP contribution in [-0.4, -0.2) is 31.6 Å². The Bertz CT molecular complexity index is 253. The molecule has 0 aromatic heterocycles. The molecule has 0 saturated carbocycles. The average molecular weight is 299 g/mol. The summed E-state index contributed by atoms with van der Waals surface area (Å²) in [4.78, 5) is 0. The van der Waals surface area contributed by atoms with Crippen LogP contribution in [0.2, 0.25) is 48.0 Å². The molecular formula is C12H26GeSi2. The first-order valence-corrected chi connectivity index (χ1v) is 15.6. The molecule has 3 heteroatoms. The van der Waals surface area contributed by atoms with E-state index in [9.17, 15) is 0 Å². The Morgan fingerprint density at radius 2 is 1.00 bits per heavy atom. The molecule has 0 aliphatic carbocycles. The monoisotopic (exact) mass is 300 g/mol. The second-order valence-corrected chi connectivity index (χ2v) is 23.3. The van der Waals surface area contributed by atoms with Crippen molar-refractivity contribution in [3.05, 3.63) is 11.1 Å². The van der Waals surface area contributed by atoms with E-state index in [1.54, 1.807) is 0 Å². The first-order chi connectivity index (χ1) is 6.55. The topological polar surface area (TPSA) is 0 Å². The van der Waals surface area contributed by atoms with Crippen LogP contribution in [0, 0.1) is 0 Å². The minimum atomic E-state index is -0.930. The van der Waals surface area contributed by atoms with Gasteiger partial charge in [0.05, 0.1) is 0 Å². The van der Waals surface area contributed by atoms with Crippen LogP contribution < -0.4 is 0 Å². The molecule has 0 fully saturated rings. The van der Waals surface area contributed by atoms with Gasteiger partial charge in [0.15, 0.2) is 0 Å². The second kappa shape index (κ2) is 4.19. The Balaban J connectivity index is 2.99. The van der Waals surface area contributed by atoms with Crippen molar-refractivity contribution in [3.63, 3.8) is 0 Å². The molecule has 15 heavy (non-hydrogen) atoms. The van der Waals surface area contributed by atoms with E-state index in [4.69, 9.17) is 0 Å². The van der Waals surface area contributed by atoms with Crippen LogP contribution in [-0.2, 0) is 0 Å². The van der Waals surface area contributed by atoms with Gasteiger partial charge in [-0.2, -0.15) is 0 Å². The van der Waals surface area contributed by atoms with E-state index in [0.29, 0.717) is 0 Å². The van der Waals surface area contributed by atoms with Crippen LogP contribution in [0.15, 0.2) is 11.1 Å². The zero-order valence-corrected chi connectivity index (χ0v) is 15.8. The molecule has 1 aliphatic heterocycles. The Morgan fingerprint density at radius 3 is 1.13 bits per heavy atom. The van der Waals surface area contributed by atoms with Crippen LogP contribution in [0.25, 0.3) is 0 Å². The van der Waals surface area contributed by atoms with Crippen molar-refractivity contribution >= 4 is 31.6 Å². The van der Waals surface area contributed by atoms with Crippen LogP contribution in [0.3, 0.4) is 0 Å². The zero-order valence-electron chi connectivity index (χ0n) is 11.7. The number of hydrogen-bond acceptors (Lipinski definition) is 0. The van der Waals surface area contributed by atoms with Gasteiger partial charge in [0, 0.05) is 0 Å². The minimum absolute atomic E-state index is 0.253. The summed E-state index contributed by atoms with van der Waals surface area (Å²) < 4.78 is 2.16. The van der Waals surface area contributed by atoms with E-state index in [1.165, 1.54) is 0 Å². The fourth-order valence-corrected chi connectivity index (χ4v) is 18.3. The number of allylic oxidation sites excluding steroid dienone is 2. The van der Waals surface area contributed by atoms with Crippen LogP contribution in [0.1, 0.15) is 13.8 Å². The molecule has 1 heterocycles. The molecule has 0 bridgehead atoms. The third kappa shape index (κ3) is 2.89. The van der Waals surface area contributed by atoms with Gasteiger partial charge >= 0.3 is 105 Å². The molecular weight excluding hydrogens is 273 g/mol. The van der Waals surface area contributed by atoms with E-state index in [0.717, 1.165) is 8.75 Å². The summed E-state index contributed by atoms with van der Waals surface area (Å²) in [6.07, 6.45) is 0. The molecule has 0 amide bonds. The van der Waals surface area contributed by atoms with Gasteiger partial charge in [-0.1, -0.05) is 0 Å². The van der Waals surface area contributed by atoms with Gasteiger partial charge in [0.2, 0.25) is 0 Å². The fourth-order valence-electron chi connectivity index (χ4n) is 2.67. The maximum atomic E-state index is 2.56. The third-order valence-electron chi connectivity index (χ3n) is 3.55. The molecule has 1 aliphatic rings. The molecule has 0 N–H and O–H groups in total. The van der Waals surface area contributed by atoms with Gasteiger partial charge in [0.25, 0.3) is 0 Å². The Labute approximate surface area is 104 Å². The third-order valence-corrected chi connectivity index (χ3v) is 23.7. The van der Waals surface area contributed by atoms with Crippen molar-refractivity contribution in [2.24, 2.45) is 0 Å². The molecule has 86 valence electrons. The molecule has 0 aromatic rings. The maximum absolute atomic E-state index is 2.56. The summed E-state index contributed by atoms with van der Waals surface area (Å²) in [5.74, 6) is 0. The van der Waals surface area contributed by atoms with Gasteiger partial charge in [-0.3, -0.25) is 0 Å². The van der Waals surface area contributed by atoms with Gasteiger partial charge < -0.3 is 0 Å². The van der Waals surface area contributed by atoms with E-state index < -0.39 is 16.1 Å². The first kappa shape index (κ1) is 13.8. The summed E-state index contributed by atoms with van der Waals surface area (Å²) in [7, 11) is -1.86. The van der Waals surface area contributed by atoms with Gasteiger partial charge in [-0.05, 0) is 0 Å². The molecule has 2 unspecified atom stereocenters. The summed E-state index contributed by atoms with van der Waals surface area (Å²) in [5.41, 5.74) is 3.61. The molecule has 2 atom stereocenters. The van der Waals surface area contributed by atoms with Crippen molar-refractivity contribution in [2.75, 3.05) is 0 Å². The Morgan fingerprint density at radius 1 is 0.733 bits per heavy atom. The van der Waals surface area contributed by atoms with Crippen molar-refractivity contribution in [1.29, 1.82) is 0 Å². The summed E-state index contributed by atoms with van der Waals surface area (Å²) in [6.45, 7) is 20.2. The quantitative estimate of drug-likeness (QED) is 0.524. The summed E-state index contributed by atoms with van der Waals surface area (Å²) in [6, 6.07) is 0. The van der Waals surface area contributed by atoms with Gasteiger partial charge in [-0.15, -0.1) is 0 Å². The van der Waals surface area contributed by atoms with E-state index in [-0.39, 0.29) is 15.4 Å². The second-order valence-electron chi connectivity index (χ2n) is 7.13. The van der Waals surface area contributed by atoms with Crippen molar-refractivity contribution < 1.29 is 0 Å². The summed E-state index contributed by atoms with van der Waals surface area (Å²) >= 11 is 0.253. The standard InChI is InChI=1S/C12H26GeSi2/c1-9-10(2)12(15(6,7)8)13-11(9)14(3,4)5/h11-12H,1-8H3. The SMILES string of the molecule is CC1=C(C)[CH]([Si](C)(C)C)[Ge][CH]1[Si](C)(C)C. The molecule has 0 nitrogen and oxygen atoms in total. The van der Waals surface area contributed by atoms with Gasteiger partial charge in [0.1, 0.15) is 0 Å². The first-order valence-electron chi connectivity index (χ1n) is 5.98. The predicted molar refractivity (Wildman–Crippen MR) is 78.3 cm³/mol. The molecule has 2 radical (unpaired) electrons. The summed E-state index contributed by atoms with van der Waals surface area (Å²) in [5, 5.41) is 0. The van der Waals surface area contributed by atoms with Crippen molar-refractivity contribution in [3.8, 4) is 0 Å². The molecule has 1 rings (SSSR count). The van der Waals surface area contributed by atoms with Crippen LogP contribution in [0.5, 0.6) is 0 Å².